The molecule has 0 radical (unpaired) electrons. The van der Waals surface area contributed by atoms with Crippen LogP contribution < -0.4 is 20.1 Å². The van der Waals surface area contributed by atoms with E-state index in [1.807, 2.05) is 12.1 Å². The first-order chi connectivity index (χ1) is 10.3. The van der Waals surface area contributed by atoms with Crippen LogP contribution in [0.1, 0.15) is 18.4 Å². The lowest BCUT2D eigenvalue weighted by molar-refractivity contribution is 0.354. The van der Waals surface area contributed by atoms with Crippen LogP contribution in [0.3, 0.4) is 0 Å². The molecule has 0 amide bonds. The molecule has 1 aromatic rings. The predicted octanol–water partition coefficient (Wildman–Crippen LogP) is 2.23. The Morgan fingerprint density at radius 3 is 2.90 bits per heavy atom. The van der Waals surface area contributed by atoms with Gasteiger partial charge >= 0.3 is 0 Å². The van der Waals surface area contributed by atoms with E-state index in [1.54, 1.807) is 14.2 Å². The van der Waals surface area contributed by atoms with Crippen molar-refractivity contribution in [2.24, 2.45) is 4.99 Å². The average Bonchev–Trinajstić information content (AvgIpc) is 2.77. The summed E-state index contributed by atoms with van der Waals surface area (Å²) in [5, 5.41) is 7.20. The summed E-state index contributed by atoms with van der Waals surface area (Å²) in [7, 11) is 3.20. The largest absolute Gasteiger partial charge is 0.493 e. The molecular formula is C15H22ClN3O2. The van der Waals surface area contributed by atoms with Gasteiger partial charge in [-0.15, -0.1) is 0 Å². The highest BCUT2D eigenvalue weighted by molar-refractivity contribution is 6.33. The number of hydrogen-bond donors (Lipinski definition) is 2. The SMILES string of the molecule is COc1ccc(CCNC2=NCCCCN2)c(Cl)c1OC. The van der Waals surface area contributed by atoms with Crippen molar-refractivity contribution in [2.45, 2.75) is 19.3 Å². The van der Waals surface area contributed by atoms with Gasteiger partial charge in [0.15, 0.2) is 17.5 Å². The van der Waals surface area contributed by atoms with E-state index in [4.69, 9.17) is 21.1 Å². The van der Waals surface area contributed by atoms with E-state index < -0.39 is 0 Å². The summed E-state index contributed by atoms with van der Waals surface area (Å²) in [6.07, 6.45) is 3.09. The van der Waals surface area contributed by atoms with Crippen molar-refractivity contribution in [3.63, 3.8) is 0 Å². The summed E-state index contributed by atoms with van der Waals surface area (Å²) < 4.78 is 10.5. The van der Waals surface area contributed by atoms with E-state index in [2.05, 4.69) is 15.6 Å². The molecular weight excluding hydrogens is 290 g/mol. The number of ether oxygens (including phenoxy) is 2. The second-order valence-electron chi connectivity index (χ2n) is 4.82. The van der Waals surface area contributed by atoms with Gasteiger partial charge in [-0.3, -0.25) is 4.99 Å². The fraction of sp³-hybridized carbons (Fsp3) is 0.533. The molecule has 1 aliphatic heterocycles. The zero-order valence-corrected chi connectivity index (χ0v) is 13.3. The van der Waals surface area contributed by atoms with Gasteiger partial charge in [0.25, 0.3) is 0 Å². The third kappa shape index (κ3) is 4.17. The van der Waals surface area contributed by atoms with Crippen molar-refractivity contribution >= 4 is 17.6 Å². The molecule has 0 fully saturated rings. The van der Waals surface area contributed by atoms with Crippen molar-refractivity contribution in [2.75, 3.05) is 33.9 Å². The van der Waals surface area contributed by atoms with Crippen LogP contribution in [0.25, 0.3) is 0 Å². The van der Waals surface area contributed by atoms with E-state index in [0.717, 1.165) is 50.4 Å². The first-order valence-corrected chi connectivity index (χ1v) is 7.55. The Hall–Kier alpha value is -1.62. The van der Waals surface area contributed by atoms with Gasteiger partial charge in [-0.2, -0.15) is 0 Å². The number of rotatable bonds is 5. The van der Waals surface area contributed by atoms with Crippen molar-refractivity contribution in [1.82, 2.24) is 10.6 Å². The highest BCUT2D eigenvalue weighted by atomic mass is 35.5. The van der Waals surface area contributed by atoms with Gasteiger partial charge in [-0.1, -0.05) is 17.7 Å². The molecule has 0 atom stereocenters. The number of nitrogens with one attached hydrogen (secondary N) is 2. The van der Waals surface area contributed by atoms with Crippen molar-refractivity contribution < 1.29 is 9.47 Å². The quantitative estimate of drug-likeness (QED) is 0.875. The summed E-state index contributed by atoms with van der Waals surface area (Å²) in [6, 6.07) is 3.84. The van der Waals surface area contributed by atoms with Gasteiger partial charge in [-0.05, 0) is 30.9 Å². The predicted molar refractivity (Wildman–Crippen MR) is 85.8 cm³/mol. The molecule has 2 rings (SSSR count). The third-order valence-corrected chi connectivity index (χ3v) is 3.81. The zero-order valence-electron chi connectivity index (χ0n) is 12.5. The minimum Gasteiger partial charge on any atom is -0.493 e. The molecule has 1 aromatic carbocycles. The number of benzene rings is 1. The molecule has 0 spiro atoms. The zero-order chi connectivity index (χ0) is 15.1. The van der Waals surface area contributed by atoms with Crippen molar-refractivity contribution in [3.8, 4) is 11.5 Å². The Morgan fingerprint density at radius 1 is 1.29 bits per heavy atom. The molecule has 0 saturated heterocycles. The molecule has 1 aliphatic rings. The lowest BCUT2D eigenvalue weighted by atomic mass is 10.1. The Balaban J connectivity index is 1.95. The lowest BCUT2D eigenvalue weighted by Gasteiger charge is -2.14. The number of methoxy groups -OCH3 is 2. The maximum Gasteiger partial charge on any atom is 0.191 e. The fourth-order valence-electron chi connectivity index (χ4n) is 2.25. The summed E-state index contributed by atoms with van der Waals surface area (Å²) in [5.74, 6) is 2.11. The van der Waals surface area contributed by atoms with Gasteiger partial charge in [0.05, 0.1) is 19.2 Å². The molecule has 2 N–H and O–H groups in total. The van der Waals surface area contributed by atoms with Crippen LogP contribution in [0, 0.1) is 0 Å². The second-order valence-corrected chi connectivity index (χ2v) is 5.19. The Bertz CT molecular complexity index is 506. The molecule has 116 valence electrons. The summed E-state index contributed by atoms with van der Waals surface area (Å²) in [5.41, 5.74) is 1.02. The maximum absolute atomic E-state index is 6.36. The molecule has 1 heterocycles. The second kappa shape index (κ2) is 7.98. The van der Waals surface area contributed by atoms with Gasteiger partial charge in [0, 0.05) is 19.6 Å². The molecule has 0 aliphatic carbocycles. The van der Waals surface area contributed by atoms with Crippen molar-refractivity contribution in [3.05, 3.63) is 22.7 Å². The van der Waals surface area contributed by atoms with E-state index in [9.17, 15) is 0 Å². The highest BCUT2D eigenvalue weighted by Crippen LogP contribution is 2.37. The molecule has 0 aromatic heterocycles. The smallest absolute Gasteiger partial charge is 0.191 e. The molecule has 0 bridgehead atoms. The maximum atomic E-state index is 6.36. The summed E-state index contributed by atoms with van der Waals surface area (Å²) in [4.78, 5) is 4.45. The Labute approximate surface area is 130 Å². The van der Waals surface area contributed by atoms with Crippen LogP contribution in [0.5, 0.6) is 11.5 Å². The van der Waals surface area contributed by atoms with Crippen LogP contribution in [0.15, 0.2) is 17.1 Å². The van der Waals surface area contributed by atoms with E-state index >= 15 is 0 Å². The normalized spacial score (nSPS) is 14.7. The highest BCUT2D eigenvalue weighted by Gasteiger charge is 2.13. The Kier molecular flexibility index (Phi) is 5.99. The molecule has 0 unspecified atom stereocenters. The van der Waals surface area contributed by atoms with Crippen LogP contribution in [0.2, 0.25) is 5.02 Å². The molecule has 21 heavy (non-hydrogen) atoms. The number of halogens is 1. The standard InChI is InChI=1S/C15H22ClN3O2/c1-20-12-6-5-11(13(16)14(12)21-2)7-10-19-15-17-8-3-4-9-18-15/h5-6H,3-4,7-10H2,1-2H3,(H2,17,18,19). The average molecular weight is 312 g/mol. The Morgan fingerprint density at radius 2 is 2.14 bits per heavy atom. The van der Waals surface area contributed by atoms with Crippen LogP contribution in [0.4, 0.5) is 0 Å². The first-order valence-electron chi connectivity index (χ1n) is 7.17. The minimum absolute atomic E-state index is 0.585. The van der Waals surface area contributed by atoms with E-state index in [0.29, 0.717) is 16.5 Å². The van der Waals surface area contributed by atoms with Gasteiger partial charge < -0.3 is 20.1 Å². The summed E-state index contributed by atoms with van der Waals surface area (Å²) >= 11 is 6.36. The third-order valence-electron chi connectivity index (χ3n) is 3.40. The summed E-state index contributed by atoms with van der Waals surface area (Å²) in [6.45, 7) is 2.62. The van der Waals surface area contributed by atoms with Crippen LogP contribution in [-0.4, -0.2) is 39.8 Å². The van der Waals surface area contributed by atoms with Crippen molar-refractivity contribution in [1.29, 1.82) is 0 Å². The van der Waals surface area contributed by atoms with Crippen LogP contribution >= 0.6 is 11.6 Å². The van der Waals surface area contributed by atoms with E-state index in [-0.39, 0.29) is 0 Å². The molecule has 0 saturated carbocycles. The minimum atomic E-state index is 0.585. The van der Waals surface area contributed by atoms with Crippen LogP contribution in [-0.2, 0) is 6.42 Å². The number of guanidine groups is 1. The number of hydrogen-bond acceptors (Lipinski definition) is 5. The lowest BCUT2D eigenvalue weighted by Crippen LogP contribution is -2.38. The number of nitrogens with zero attached hydrogens (tertiary/aromatic N) is 1. The molecule has 5 nitrogen and oxygen atoms in total. The van der Waals surface area contributed by atoms with Gasteiger partial charge in [0.1, 0.15) is 0 Å². The topological polar surface area (TPSA) is 54.9 Å². The van der Waals surface area contributed by atoms with Gasteiger partial charge in [0.2, 0.25) is 0 Å². The molecule has 6 heteroatoms. The first kappa shape index (κ1) is 15.8. The van der Waals surface area contributed by atoms with E-state index in [1.165, 1.54) is 0 Å². The fourth-order valence-corrected chi connectivity index (χ4v) is 2.58. The number of aliphatic imine (C=N–C) groups is 1. The van der Waals surface area contributed by atoms with Gasteiger partial charge in [-0.25, -0.2) is 0 Å². The monoisotopic (exact) mass is 311 g/mol.